The molecule has 0 saturated carbocycles. The van der Waals surface area contributed by atoms with Crippen LogP contribution in [0.1, 0.15) is 6.92 Å². The highest BCUT2D eigenvalue weighted by Crippen LogP contribution is 2.17. The number of rotatable bonds is 5. The van der Waals surface area contributed by atoms with Gasteiger partial charge >= 0.3 is 11.9 Å². The van der Waals surface area contributed by atoms with Gasteiger partial charge in [-0.05, 0) is 0 Å². The molecular formula is C10H11FO4. The number of allylic oxidation sites excluding steroid dienone is 2. The molecule has 0 aromatic rings. The lowest BCUT2D eigenvalue weighted by molar-refractivity contribution is -0.159. The van der Waals surface area contributed by atoms with Crippen LogP contribution >= 0.6 is 0 Å². The van der Waals surface area contributed by atoms with E-state index in [4.69, 9.17) is 5.11 Å². The average Bonchev–Trinajstić information content (AvgIpc) is 2.09. The van der Waals surface area contributed by atoms with Gasteiger partial charge in [0.05, 0.1) is 0 Å². The SMILES string of the molecule is C=C/C=C(\C(=C)F)C(OC(C)=O)C(=O)O. The summed E-state index contributed by atoms with van der Waals surface area (Å²) in [5.41, 5.74) is -0.340. The minimum atomic E-state index is -1.70. The maximum atomic E-state index is 12.8. The van der Waals surface area contributed by atoms with Crippen molar-refractivity contribution < 1.29 is 23.8 Å². The van der Waals surface area contributed by atoms with Crippen molar-refractivity contribution in [2.24, 2.45) is 0 Å². The fourth-order valence-corrected chi connectivity index (χ4v) is 0.860. The number of carboxylic acid groups (broad SMARTS) is 1. The molecule has 0 fully saturated rings. The maximum Gasteiger partial charge on any atom is 0.349 e. The van der Waals surface area contributed by atoms with Gasteiger partial charge in [0.1, 0.15) is 5.83 Å². The molecule has 4 nitrogen and oxygen atoms in total. The Morgan fingerprint density at radius 1 is 1.53 bits per heavy atom. The molecule has 0 radical (unpaired) electrons. The second-order valence-electron chi connectivity index (χ2n) is 2.59. The third kappa shape index (κ3) is 4.21. The lowest BCUT2D eigenvalue weighted by Gasteiger charge is -2.14. The Kier molecular flexibility index (Phi) is 5.01. The van der Waals surface area contributed by atoms with Crippen LogP contribution in [0.2, 0.25) is 0 Å². The van der Waals surface area contributed by atoms with Crippen LogP contribution in [-0.2, 0) is 14.3 Å². The first-order valence-corrected chi connectivity index (χ1v) is 3.97. The van der Waals surface area contributed by atoms with Gasteiger partial charge in [-0.3, -0.25) is 4.79 Å². The van der Waals surface area contributed by atoms with Crippen LogP contribution in [0.3, 0.4) is 0 Å². The smallest absolute Gasteiger partial charge is 0.349 e. The first-order valence-electron chi connectivity index (χ1n) is 3.97. The molecule has 1 N–H and O–H groups in total. The van der Waals surface area contributed by atoms with Crippen LogP contribution in [0.4, 0.5) is 4.39 Å². The molecule has 0 spiro atoms. The van der Waals surface area contributed by atoms with Crippen LogP contribution in [0.25, 0.3) is 0 Å². The summed E-state index contributed by atoms with van der Waals surface area (Å²) < 4.78 is 17.3. The number of hydrogen-bond donors (Lipinski definition) is 1. The highest BCUT2D eigenvalue weighted by atomic mass is 19.1. The zero-order valence-electron chi connectivity index (χ0n) is 8.20. The minimum Gasteiger partial charge on any atom is -0.478 e. The molecule has 15 heavy (non-hydrogen) atoms. The fourth-order valence-electron chi connectivity index (χ4n) is 0.860. The van der Waals surface area contributed by atoms with Crippen LogP contribution in [0, 0.1) is 0 Å². The molecular weight excluding hydrogens is 203 g/mol. The number of carboxylic acids is 1. The Hall–Kier alpha value is -1.91. The second-order valence-corrected chi connectivity index (χ2v) is 2.59. The first kappa shape index (κ1) is 13.1. The van der Waals surface area contributed by atoms with Gasteiger partial charge in [0, 0.05) is 12.5 Å². The maximum absolute atomic E-state index is 12.8. The van der Waals surface area contributed by atoms with Gasteiger partial charge in [-0.25, -0.2) is 9.18 Å². The standard InChI is InChI=1S/C10H11FO4/c1-4-5-8(6(2)11)9(10(13)14)15-7(3)12/h4-5,9H,1-2H2,3H3,(H,13,14)/b8-5+. The predicted octanol–water partition coefficient (Wildman–Crippen LogP) is 1.60. The number of aliphatic carboxylic acids is 1. The molecule has 5 heteroatoms. The molecule has 0 aliphatic carbocycles. The molecule has 0 bridgehead atoms. The van der Waals surface area contributed by atoms with E-state index in [0.29, 0.717) is 0 Å². The van der Waals surface area contributed by atoms with Gasteiger partial charge < -0.3 is 9.84 Å². The summed E-state index contributed by atoms with van der Waals surface area (Å²) >= 11 is 0. The highest BCUT2D eigenvalue weighted by Gasteiger charge is 2.27. The Labute approximate surface area is 86.4 Å². The molecule has 0 aromatic carbocycles. The van der Waals surface area contributed by atoms with Crippen molar-refractivity contribution in [1.82, 2.24) is 0 Å². The van der Waals surface area contributed by atoms with E-state index in [1.54, 1.807) is 0 Å². The normalized spacial score (nSPS) is 12.8. The third-order valence-electron chi connectivity index (χ3n) is 1.40. The number of halogens is 1. The molecule has 0 aliphatic heterocycles. The number of carbonyl (C=O) groups is 2. The van der Waals surface area contributed by atoms with Crippen molar-refractivity contribution in [2.45, 2.75) is 13.0 Å². The molecule has 82 valence electrons. The van der Waals surface area contributed by atoms with E-state index in [1.165, 1.54) is 6.08 Å². The van der Waals surface area contributed by atoms with Crippen molar-refractivity contribution >= 4 is 11.9 Å². The van der Waals surface area contributed by atoms with Gasteiger partial charge in [0.2, 0.25) is 6.10 Å². The summed E-state index contributed by atoms with van der Waals surface area (Å²) in [6.07, 6.45) is 0.571. The zero-order valence-corrected chi connectivity index (χ0v) is 8.20. The summed E-state index contributed by atoms with van der Waals surface area (Å²) in [4.78, 5) is 21.3. The van der Waals surface area contributed by atoms with E-state index >= 15 is 0 Å². The van der Waals surface area contributed by atoms with Crippen molar-refractivity contribution in [3.05, 3.63) is 36.7 Å². The molecule has 0 heterocycles. The number of carbonyl (C=O) groups excluding carboxylic acids is 1. The molecule has 0 rings (SSSR count). The third-order valence-corrected chi connectivity index (χ3v) is 1.40. The summed E-state index contributed by atoms with van der Waals surface area (Å²) in [6, 6.07) is 0. The van der Waals surface area contributed by atoms with Gasteiger partial charge in [0.15, 0.2) is 0 Å². The van der Waals surface area contributed by atoms with E-state index in [2.05, 4.69) is 17.9 Å². The molecule has 0 aromatic heterocycles. The average molecular weight is 214 g/mol. The number of hydrogen-bond acceptors (Lipinski definition) is 3. The fraction of sp³-hybridized carbons (Fsp3) is 0.200. The van der Waals surface area contributed by atoms with Crippen molar-refractivity contribution in [1.29, 1.82) is 0 Å². The summed E-state index contributed by atoms with van der Waals surface area (Å²) in [5.74, 6) is -3.28. The van der Waals surface area contributed by atoms with Crippen LogP contribution in [0.15, 0.2) is 36.7 Å². The van der Waals surface area contributed by atoms with E-state index < -0.39 is 23.9 Å². The molecule has 0 amide bonds. The Morgan fingerprint density at radius 2 is 2.07 bits per heavy atom. The summed E-state index contributed by atoms with van der Waals surface area (Å²) in [6.45, 7) is 7.26. The van der Waals surface area contributed by atoms with Crippen LogP contribution in [-0.4, -0.2) is 23.1 Å². The second kappa shape index (κ2) is 5.74. The van der Waals surface area contributed by atoms with Crippen molar-refractivity contribution in [3.63, 3.8) is 0 Å². The quantitative estimate of drug-likeness (QED) is 0.557. The molecule has 0 aliphatic rings. The number of ether oxygens (including phenoxy) is 1. The van der Waals surface area contributed by atoms with Crippen LogP contribution in [0.5, 0.6) is 0 Å². The van der Waals surface area contributed by atoms with Crippen LogP contribution < -0.4 is 0 Å². The lowest BCUT2D eigenvalue weighted by atomic mass is 10.1. The lowest BCUT2D eigenvalue weighted by Crippen LogP contribution is -2.28. The van der Waals surface area contributed by atoms with E-state index in [9.17, 15) is 14.0 Å². The molecule has 0 saturated heterocycles. The Balaban J connectivity index is 5.10. The first-order chi connectivity index (χ1) is 6.90. The monoisotopic (exact) mass is 214 g/mol. The topological polar surface area (TPSA) is 63.6 Å². The largest absolute Gasteiger partial charge is 0.478 e. The summed E-state index contributed by atoms with van der Waals surface area (Å²) in [5, 5.41) is 8.71. The molecule has 1 atom stereocenters. The van der Waals surface area contributed by atoms with Gasteiger partial charge in [0.25, 0.3) is 0 Å². The Bertz CT molecular complexity index is 330. The van der Waals surface area contributed by atoms with Gasteiger partial charge in [-0.2, -0.15) is 0 Å². The predicted molar refractivity (Wildman–Crippen MR) is 51.7 cm³/mol. The highest BCUT2D eigenvalue weighted by molar-refractivity contribution is 5.81. The van der Waals surface area contributed by atoms with E-state index in [1.807, 2.05) is 0 Å². The zero-order chi connectivity index (χ0) is 12.0. The minimum absolute atomic E-state index is 0.340. The summed E-state index contributed by atoms with van der Waals surface area (Å²) in [7, 11) is 0. The van der Waals surface area contributed by atoms with E-state index in [-0.39, 0.29) is 5.57 Å². The Morgan fingerprint density at radius 3 is 2.33 bits per heavy atom. The van der Waals surface area contributed by atoms with Gasteiger partial charge in [-0.1, -0.05) is 25.3 Å². The van der Waals surface area contributed by atoms with Crippen molar-refractivity contribution in [2.75, 3.05) is 0 Å². The molecule has 1 unspecified atom stereocenters. The number of esters is 1. The van der Waals surface area contributed by atoms with Gasteiger partial charge in [-0.15, -0.1) is 0 Å². The van der Waals surface area contributed by atoms with E-state index in [0.717, 1.165) is 13.0 Å². The van der Waals surface area contributed by atoms with Crippen molar-refractivity contribution in [3.8, 4) is 0 Å².